The molecule has 0 saturated carbocycles. The summed E-state index contributed by atoms with van der Waals surface area (Å²) in [5, 5.41) is 9.43. The van der Waals surface area contributed by atoms with Crippen molar-refractivity contribution in [1.82, 2.24) is 19.9 Å². The zero-order valence-corrected chi connectivity index (χ0v) is 17.8. The van der Waals surface area contributed by atoms with Crippen LogP contribution in [0.5, 0.6) is 23.3 Å². The lowest BCUT2D eigenvalue weighted by Gasteiger charge is -2.10. The molecule has 174 valence electrons. The van der Waals surface area contributed by atoms with Crippen molar-refractivity contribution < 1.29 is 40.4 Å². The second kappa shape index (κ2) is 9.28. The van der Waals surface area contributed by atoms with Gasteiger partial charge in [0.25, 0.3) is 0 Å². The lowest BCUT2D eigenvalue weighted by atomic mass is 10.3. The Kier molecular flexibility index (Phi) is 6.67. The van der Waals surface area contributed by atoms with Crippen LogP contribution in [0.2, 0.25) is 0 Å². The Balaban J connectivity index is 0.000000203. The molecule has 10 nitrogen and oxygen atoms in total. The van der Waals surface area contributed by atoms with Gasteiger partial charge in [0.15, 0.2) is 5.75 Å². The Morgan fingerprint density at radius 2 is 1.33 bits per heavy atom. The van der Waals surface area contributed by atoms with Crippen LogP contribution in [-0.2, 0) is 10.1 Å². The molecule has 4 rings (SSSR count). The molecular formula is C19H15F3N4O6S. The predicted octanol–water partition coefficient (Wildman–Crippen LogP) is 3.21. The maximum atomic E-state index is 12.3. The van der Waals surface area contributed by atoms with E-state index >= 15 is 0 Å². The van der Waals surface area contributed by atoms with E-state index in [1.54, 1.807) is 12.1 Å². The number of aromatic nitrogens is 4. The molecule has 1 N–H and O–H groups in total. The van der Waals surface area contributed by atoms with Crippen molar-refractivity contribution >= 4 is 32.2 Å². The number of halogens is 3. The standard InChI is InChI=1S/C10H7F3N2O4S.C9H8N2O2/c1-18-8-3-2-6-9(15-8)7(4-5-14-6)19-20(16,17)10(11,12)13;1-13-8-3-2-6-9(11-8)7(12)4-5-10-6/h2-5H,1H3;2-5H,1H3,(H,10,12). The maximum Gasteiger partial charge on any atom is 0.534 e. The summed E-state index contributed by atoms with van der Waals surface area (Å²) in [6.45, 7) is 0. The largest absolute Gasteiger partial charge is 0.534 e. The lowest BCUT2D eigenvalue weighted by Crippen LogP contribution is -2.28. The second-order valence-electron chi connectivity index (χ2n) is 6.07. The lowest BCUT2D eigenvalue weighted by molar-refractivity contribution is -0.0499. The Bertz CT molecular complexity index is 1400. The van der Waals surface area contributed by atoms with Gasteiger partial charge in [-0.25, -0.2) is 9.97 Å². The highest BCUT2D eigenvalue weighted by Crippen LogP contribution is 2.30. The third-order valence-corrected chi connectivity index (χ3v) is 4.93. The van der Waals surface area contributed by atoms with Crippen LogP contribution in [-0.4, -0.2) is 53.2 Å². The molecule has 0 aliphatic carbocycles. The Morgan fingerprint density at radius 1 is 0.818 bits per heavy atom. The number of nitrogens with zero attached hydrogens (tertiary/aromatic N) is 4. The summed E-state index contributed by atoms with van der Waals surface area (Å²) in [7, 11) is -2.94. The highest BCUT2D eigenvalue weighted by molar-refractivity contribution is 7.88. The van der Waals surface area contributed by atoms with Crippen LogP contribution >= 0.6 is 0 Å². The molecule has 4 aromatic heterocycles. The molecule has 0 aliphatic heterocycles. The van der Waals surface area contributed by atoms with Gasteiger partial charge in [-0.2, -0.15) is 21.6 Å². The molecule has 0 aromatic carbocycles. The van der Waals surface area contributed by atoms with E-state index in [-0.39, 0.29) is 22.7 Å². The van der Waals surface area contributed by atoms with Crippen LogP contribution in [0.4, 0.5) is 13.2 Å². The summed E-state index contributed by atoms with van der Waals surface area (Å²) >= 11 is 0. The van der Waals surface area contributed by atoms with Gasteiger partial charge in [0.1, 0.15) is 16.8 Å². The van der Waals surface area contributed by atoms with Gasteiger partial charge < -0.3 is 18.8 Å². The van der Waals surface area contributed by atoms with Crippen molar-refractivity contribution in [2.45, 2.75) is 5.51 Å². The maximum absolute atomic E-state index is 12.3. The van der Waals surface area contributed by atoms with Gasteiger partial charge in [-0.05, 0) is 12.1 Å². The van der Waals surface area contributed by atoms with Gasteiger partial charge in [0.2, 0.25) is 11.8 Å². The second-order valence-corrected chi connectivity index (χ2v) is 7.60. The first-order chi connectivity index (χ1) is 15.6. The fourth-order valence-electron chi connectivity index (χ4n) is 2.44. The van der Waals surface area contributed by atoms with Crippen LogP contribution in [0.3, 0.4) is 0 Å². The fourth-order valence-corrected chi connectivity index (χ4v) is 2.90. The van der Waals surface area contributed by atoms with Gasteiger partial charge in [0.05, 0.1) is 25.3 Å². The number of aromatic hydroxyl groups is 1. The topological polar surface area (TPSA) is 134 Å². The van der Waals surface area contributed by atoms with E-state index in [1.807, 2.05) is 0 Å². The molecule has 0 atom stereocenters. The van der Waals surface area contributed by atoms with Crippen molar-refractivity contribution in [2.24, 2.45) is 0 Å². The summed E-state index contributed by atoms with van der Waals surface area (Å²) in [6.07, 6.45) is 2.64. The first kappa shape index (κ1) is 23.7. The van der Waals surface area contributed by atoms with Crippen LogP contribution < -0.4 is 13.7 Å². The van der Waals surface area contributed by atoms with Gasteiger partial charge in [0, 0.05) is 36.7 Å². The van der Waals surface area contributed by atoms with Crippen molar-refractivity contribution in [3.05, 3.63) is 48.8 Å². The number of rotatable bonds is 4. The average Bonchev–Trinajstić information content (AvgIpc) is 2.78. The predicted molar refractivity (Wildman–Crippen MR) is 109 cm³/mol. The summed E-state index contributed by atoms with van der Waals surface area (Å²) in [5.41, 5.74) is -4.40. The summed E-state index contributed by atoms with van der Waals surface area (Å²) in [6, 6.07) is 8.76. The van der Waals surface area contributed by atoms with Crippen molar-refractivity contribution in [2.75, 3.05) is 14.2 Å². The van der Waals surface area contributed by atoms with Crippen LogP contribution in [0.25, 0.3) is 22.1 Å². The molecule has 0 fully saturated rings. The quantitative estimate of drug-likeness (QED) is 0.340. The molecular weight excluding hydrogens is 469 g/mol. The number of pyridine rings is 4. The Hall–Kier alpha value is -3.94. The summed E-state index contributed by atoms with van der Waals surface area (Å²) < 4.78 is 72.7. The zero-order chi connectivity index (χ0) is 24.2. The summed E-state index contributed by atoms with van der Waals surface area (Å²) in [4.78, 5) is 15.8. The highest BCUT2D eigenvalue weighted by Gasteiger charge is 2.48. The number of alkyl halides is 3. The Labute approximate surface area is 184 Å². The molecule has 0 radical (unpaired) electrons. The molecule has 14 heteroatoms. The van der Waals surface area contributed by atoms with Gasteiger partial charge >= 0.3 is 15.6 Å². The third-order valence-electron chi connectivity index (χ3n) is 3.96. The van der Waals surface area contributed by atoms with E-state index in [2.05, 4.69) is 24.1 Å². The molecule has 0 saturated heterocycles. The number of hydrogen-bond acceptors (Lipinski definition) is 10. The minimum absolute atomic E-state index is 0.0831. The Morgan fingerprint density at radius 3 is 1.88 bits per heavy atom. The summed E-state index contributed by atoms with van der Waals surface area (Å²) in [5.74, 6) is 0.0886. The van der Waals surface area contributed by atoms with Crippen molar-refractivity contribution in [1.29, 1.82) is 0 Å². The van der Waals surface area contributed by atoms with E-state index < -0.39 is 21.4 Å². The van der Waals surface area contributed by atoms with E-state index in [9.17, 15) is 26.7 Å². The van der Waals surface area contributed by atoms with Crippen LogP contribution in [0.15, 0.2) is 48.8 Å². The first-order valence-corrected chi connectivity index (χ1v) is 10.3. The van der Waals surface area contributed by atoms with Crippen molar-refractivity contribution in [3.8, 4) is 23.3 Å². The zero-order valence-electron chi connectivity index (χ0n) is 16.9. The van der Waals surface area contributed by atoms with Crippen molar-refractivity contribution in [3.63, 3.8) is 0 Å². The van der Waals surface area contributed by atoms with Gasteiger partial charge in [-0.3, -0.25) is 9.97 Å². The average molecular weight is 484 g/mol. The number of methoxy groups -OCH3 is 2. The highest BCUT2D eigenvalue weighted by atomic mass is 32.2. The fraction of sp³-hybridized carbons (Fsp3) is 0.158. The molecule has 33 heavy (non-hydrogen) atoms. The normalized spacial score (nSPS) is 11.5. The van der Waals surface area contributed by atoms with Gasteiger partial charge in [-0.15, -0.1) is 0 Å². The van der Waals surface area contributed by atoms with E-state index in [0.29, 0.717) is 16.9 Å². The molecule has 4 aromatic rings. The molecule has 0 spiro atoms. The smallest absolute Gasteiger partial charge is 0.506 e. The minimum Gasteiger partial charge on any atom is -0.506 e. The number of fused-ring (bicyclic) bond motifs is 2. The molecule has 4 heterocycles. The number of ether oxygens (including phenoxy) is 2. The monoisotopic (exact) mass is 484 g/mol. The van der Waals surface area contributed by atoms with E-state index in [0.717, 1.165) is 12.3 Å². The molecule has 0 amide bonds. The number of hydrogen-bond donors (Lipinski definition) is 1. The van der Waals surface area contributed by atoms with E-state index in [4.69, 9.17) is 9.47 Å². The molecule has 0 bridgehead atoms. The van der Waals surface area contributed by atoms with Crippen LogP contribution in [0.1, 0.15) is 0 Å². The van der Waals surface area contributed by atoms with E-state index in [1.165, 1.54) is 38.6 Å². The third kappa shape index (κ3) is 5.28. The SMILES string of the molecule is COc1ccc2nccc(O)c2n1.COc1ccc2nccc(OS(=O)(=O)C(F)(F)F)c2n1. The minimum atomic E-state index is -5.77. The molecule has 0 aliphatic rings. The van der Waals surface area contributed by atoms with Crippen LogP contribution in [0, 0.1) is 0 Å². The molecule has 0 unspecified atom stereocenters. The van der Waals surface area contributed by atoms with Gasteiger partial charge in [-0.1, -0.05) is 0 Å². The first-order valence-electron chi connectivity index (χ1n) is 8.85.